The van der Waals surface area contributed by atoms with Gasteiger partial charge in [0, 0.05) is 28.7 Å². The minimum atomic E-state index is -0.178. The SMILES string of the molecule is CC(C)c1ccc(Cc2ccc(C(C)C)c(O)c2O)c(O)c1O. The van der Waals surface area contributed by atoms with Gasteiger partial charge in [-0.15, -0.1) is 0 Å². The van der Waals surface area contributed by atoms with Crippen LogP contribution in [0.4, 0.5) is 0 Å². The van der Waals surface area contributed by atoms with Crippen LogP contribution in [0.3, 0.4) is 0 Å². The average Bonchev–Trinajstić information content (AvgIpc) is 2.48. The second-order valence-corrected chi connectivity index (χ2v) is 6.51. The van der Waals surface area contributed by atoms with E-state index in [1.807, 2.05) is 27.7 Å². The molecule has 0 amide bonds. The molecule has 0 bridgehead atoms. The molecule has 0 atom stereocenters. The molecule has 0 aliphatic rings. The number of benzene rings is 2. The molecule has 0 aliphatic heterocycles. The fourth-order valence-corrected chi connectivity index (χ4v) is 2.70. The molecular formula is C19H24O4. The van der Waals surface area contributed by atoms with Crippen LogP contribution in [0.1, 0.15) is 61.8 Å². The minimum absolute atomic E-state index is 0.0951. The first-order valence-corrected chi connectivity index (χ1v) is 7.81. The van der Waals surface area contributed by atoms with Crippen LogP contribution in [0.25, 0.3) is 0 Å². The molecule has 2 rings (SSSR count). The average molecular weight is 316 g/mol. The van der Waals surface area contributed by atoms with Gasteiger partial charge in [0.1, 0.15) is 0 Å². The highest BCUT2D eigenvalue weighted by Crippen LogP contribution is 2.41. The molecule has 0 aliphatic carbocycles. The third kappa shape index (κ3) is 3.21. The number of aromatic hydroxyl groups is 4. The van der Waals surface area contributed by atoms with Crippen LogP contribution < -0.4 is 0 Å². The van der Waals surface area contributed by atoms with E-state index >= 15 is 0 Å². The first-order valence-electron chi connectivity index (χ1n) is 7.81. The maximum absolute atomic E-state index is 10.2. The van der Waals surface area contributed by atoms with Gasteiger partial charge in [-0.1, -0.05) is 52.0 Å². The first kappa shape index (κ1) is 17.0. The van der Waals surface area contributed by atoms with Gasteiger partial charge in [-0.3, -0.25) is 0 Å². The lowest BCUT2D eigenvalue weighted by atomic mass is 9.94. The largest absolute Gasteiger partial charge is 0.504 e. The zero-order valence-corrected chi connectivity index (χ0v) is 14.0. The first-order chi connectivity index (χ1) is 10.7. The summed E-state index contributed by atoms with van der Waals surface area (Å²) in [5.41, 5.74) is 2.35. The number of hydrogen-bond acceptors (Lipinski definition) is 4. The van der Waals surface area contributed by atoms with E-state index in [-0.39, 0.29) is 41.3 Å². The molecule has 4 nitrogen and oxygen atoms in total. The van der Waals surface area contributed by atoms with Gasteiger partial charge >= 0.3 is 0 Å². The van der Waals surface area contributed by atoms with Gasteiger partial charge in [0.15, 0.2) is 23.0 Å². The van der Waals surface area contributed by atoms with Crippen molar-refractivity contribution in [1.82, 2.24) is 0 Å². The lowest BCUT2D eigenvalue weighted by molar-refractivity contribution is 0.389. The van der Waals surface area contributed by atoms with Crippen molar-refractivity contribution in [3.05, 3.63) is 46.5 Å². The van der Waals surface area contributed by atoms with E-state index in [4.69, 9.17) is 0 Å². The zero-order valence-electron chi connectivity index (χ0n) is 14.0. The number of rotatable bonds is 4. The van der Waals surface area contributed by atoms with Gasteiger partial charge in [0.2, 0.25) is 0 Å². The monoisotopic (exact) mass is 316 g/mol. The van der Waals surface area contributed by atoms with Gasteiger partial charge < -0.3 is 20.4 Å². The molecule has 0 heterocycles. The molecule has 4 N–H and O–H groups in total. The summed E-state index contributed by atoms with van der Waals surface area (Å²) < 4.78 is 0. The maximum Gasteiger partial charge on any atom is 0.161 e. The van der Waals surface area contributed by atoms with E-state index in [1.54, 1.807) is 24.3 Å². The summed E-state index contributed by atoms with van der Waals surface area (Å²) in [7, 11) is 0. The van der Waals surface area contributed by atoms with Crippen molar-refractivity contribution in [1.29, 1.82) is 0 Å². The Kier molecular flexibility index (Phi) is 4.73. The van der Waals surface area contributed by atoms with Gasteiger partial charge in [0.05, 0.1) is 0 Å². The van der Waals surface area contributed by atoms with Gasteiger partial charge in [-0.25, -0.2) is 0 Å². The summed E-state index contributed by atoms with van der Waals surface area (Å²) in [6.45, 7) is 7.73. The summed E-state index contributed by atoms with van der Waals surface area (Å²) >= 11 is 0. The molecule has 124 valence electrons. The smallest absolute Gasteiger partial charge is 0.161 e. The third-order valence-electron chi connectivity index (χ3n) is 4.16. The van der Waals surface area contributed by atoms with Crippen LogP contribution in [0.5, 0.6) is 23.0 Å². The molecule has 0 fully saturated rings. The van der Waals surface area contributed by atoms with Gasteiger partial charge in [-0.05, 0) is 11.8 Å². The lowest BCUT2D eigenvalue weighted by Crippen LogP contribution is -1.96. The standard InChI is InChI=1S/C19H24O4/c1-10(2)14-7-5-12(16(20)18(14)22)9-13-6-8-15(11(3)4)19(23)17(13)21/h5-8,10-11,20-23H,9H2,1-4H3. The number of phenolic OH excluding ortho intramolecular Hbond substituents is 4. The van der Waals surface area contributed by atoms with E-state index in [0.717, 1.165) is 0 Å². The summed E-state index contributed by atoms with van der Waals surface area (Å²) in [6.07, 6.45) is 0.218. The summed E-state index contributed by atoms with van der Waals surface area (Å²) in [5.74, 6) is -0.415. The van der Waals surface area contributed by atoms with E-state index in [0.29, 0.717) is 22.3 Å². The van der Waals surface area contributed by atoms with Crippen LogP contribution in [-0.2, 0) is 6.42 Å². The molecule has 0 saturated carbocycles. The van der Waals surface area contributed by atoms with E-state index in [2.05, 4.69) is 0 Å². The van der Waals surface area contributed by atoms with Crippen molar-refractivity contribution in [3.8, 4) is 23.0 Å². The topological polar surface area (TPSA) is 80.9 Å². The summed E-state index contributed by atoms with van der Waals surface area (Å²) in [6, 6.07) is 7.01. The Morgan fingerprint density at radius 1 is 0.609 bits per heavy atom. The van der Waals surface area contributed by atoms with Crippen molar-refractivity contribution in [3.63, 3.8) is 0 Å². The molecule has 2 aromatic rings. The molecule has 0 spiro atoms. The molecule has 4 heteroatoms. The van der Waals surface area contributed by atoms with Gasteiger partial charge in [0.25, 0.3) is 0 Å². The van der Waals surface area contributed by atoms with Gasteiger partial charge in [-0.2, -0.15) is 0 Å². The van der Waals surface area contributed by atoms with E-state index in [1.165, 1.54) is 0 Å². The predicted octanol–water partition coefficient (Wildman–Crippen LogP) is 4.35. The Morgan fingerprint density at radius 3 is 1.26 bits per heavy atom. The lowest BCUT2D eigenvalue weighted by Gasteiger charge is -2.15. The normalized spacial score (nSPS) is 11.4. The Morgan fingerprint density at radius 2 is 0.957 bits per heavy atom. The van der Waals surface area contributed by atoms with Crippen LogP contribution in [0.2, 0.25) is 0 Å². The maximum atomic E-state index is 10.2. The molecule has 0 unspecified atom stereocenters. The van der Waals surface area contributed by atoms with Crippen molar-refractivity contribution < 1.29 is 20.4 Å². The third-order valence-corrected chi connectivity index (χ3v) is 4.16. The van der Waals surface area contributed by atoms with E-state index < -0.39 is 0 Å². The second kappa shape index (κ2) is 6.41. The molecule has 2 aromatic carbocycles. The Hall–Kier alpha value is -2.36. The van der Waals surface area contributed by atoms with Crippen LogP contribution in [-0.4, -0.2) is 20.4 Å². The molecule has 0 radical (unpaired) electrons. The van der Waals surface area contributed by atoms with Crippen molar-refractivity contribution >= 4 is 0 Å². The summed E-state index contributed by atoms with van der Waals surface area (Å²) in [5, 5.41) is 40.6. The Balaban J connectivity index is 2.41. The number of hydrogen-bond donors (Lipinski definition) is 4. The quantitative estimate of drug-likeness (QED) is 0.632. The van der Waals surface area contributed by atoms with Crippen LogP contribution in [0.15, 0.2) is 24.3 Å². The van der Waals surface area contributed by atoms with Crippen LogP contribution >= 0.6 is 0 Å². The zero-order chi connectivity index (χ0) is 17.3. The predicted molar refractivity (Wildman–Crippen MR) is 90.5 cm³/mol. The highest BCUT2D eigenvalue weighted by atomic mass is 16.3. The molecular weight excluding hydrogens is 292 g/mol. The molecule has 0 aromatic heterocycles. The Bertz CT molecular complexity index is 656. The summed E-state index contributed by atoms with van der Waals surface area (Å²) in [4.78, 5) is 0. The molecule has 23 heavy (non-hydrogen) atoms. The molecule has 0 saturated heterocycles. The van der Waals surface area contributed by atoms with Crippen molar-refractivity contribution in [2.75, 3.05) is 0 Å². The fourth-order valence-electron chi connectivity index (χ4n) is 2.70. The van der Waals surface area contributed by atoms with Crippen molar-refractivity contribution in [2.45, 2.75) is 46.0 Å². The minimum Gasteiger partial charge on any atom is -0.504 e. The fraction of sp³-hybridized carbons (Fsp3) is 0.368. The van der Waals surface area contributed by atoms with Crippen molar-refractivity contribution in [2.24, 2.45) is 0 Å². The highest BCUT2D eigenvalue weighted by Gasteiger charge is 2.18. The van der Waals surface area contributed by atoms with Crippen LogP contribution in [0, 0.1) is 0 Å². The Labute approximate surface area is 136 Å². The van der Waals surface area contributed by atoms with E-state index in [9.17, 15) is 20.4 Å². The number of phenols is 4. The highest BCUT2D eigenvalue weighted by molar-refractivity contribution is 5.56. The second-order valence-electron chi connectivity index (χ2n) is 6.51.